The molecule has 0 bridgehead atoms. The summed E-state index contributed by atoms with van der Waals surface area (Å²) in [6.45, 7) is 8.30. The second kappa shape index (κ2) is 9.07. The fourth-order valence-electron chi connectivity index (χ4n) is 4.78. The lowest BCUT2D eigenvalue weighted by atomic mass is 9.73. The van der Waals surface area contributed by atoms with E-state index in [1.165, 1.54) is 11.3 Å². The molecule has 2 saturated heterocycles. The first-order valence-electron chi connectivity index (χ1n) is 11.8. The van der Waals surface area contributed by atoms with Crippen LogP contribution in [0.3, 0.4) is 0 Å². The second-order valence-electron chi connectivity index (χ2n) is 10.6. The highest BCUT2D eigenvalue weighted by atomic mass is 32.2. The predicted molar refractivity (Wildman–Crippen MR) is 141 cm³/mol. The van der Waals surface area contributed by atoms with Crippen molar-refractivity contribution in [2.24, 2.45) is 5.41 Å². The van der Waals surface area contributed by atoms with Crippen molar-refractivity contribution in [3.8, 4) is 11.3 Å². The maximum absolute atomic E-state index is 14.2. The number of benzene rings is 1. The van der Waals surface area contributed by atoms with E-state index in [-0.39, 0.29) is 15.7 Å². The quantitative estimate of drug-likeness (QED) is 0.486. The smallest absolute Gasteiger partial charge is 0.252 e. The monoisotopic (exact) mass is 567 g/mol. The Kier molecular flexibility index (Phi) is 6.41. The van der Waals surface area contributed by atoms with Crippen molar-refractivity contribution in [1.29, 1.82) is 0 Å². The summed E-state index contributed by atoms with van der Waals surface area (Å²) in [5.41, 5.74) is -0.448. The number of aryl methyl sites for hydroxylation is 1. The molecule has 5 rings (SSSR count). The first kappa shape index (κ1) is 26.1. The fraction of sp³-hybridized carbons (Fsp3) is 0.458. The number of hydrogen-bond donors (Lipinski definition) is 1. The number of carbonyl (C=O) groups excluding carboxylic acids is 1. The minimum Gasteiger partial charge on any atom is -0.346 e. The second-order valence-corrected chi connectivity index (χ2v) is 14.3. The van der Waals surface area contributed by atoms with Crippen LogP contribution < -0.4 is 14.5 Å². The highest BCUT2D eigenvalue weighted by molar-refractivity contribution is 7.91. The molecule has 1 N–H and O–H groups in total. The van der Waals surface area contributed by atoms with Crippen LogP contribution in [0.5, 0.6) is 0 Å². The highest BCUT2D eigenvalue weighted by Gasteiger charge is 2.54. The summed E-state index contributed by atoms with van der Waals surface area (Å²) < 4.78 is 56.3. The van der Waals surface area contributed by atoms with Gasteiger partial charge in [0.05, 0.1) is 16.8 Å². The Morgan fingerprint density at radius 3 is 2.57 bits per heavy atom. The molecule has 4 heterocycles. The third kappa shape index (κ3) is 4.89. The fourth-order valence-corrected chi connectivity index (χ4v) is 8.55. The summed E-state index contributed by atoms with van der Waals surface area (Å²) in [6, 6.07) is 3.26. The van der Waals surface area contributed by atoms with Crippen LogP contribution in [-0.4, -0.2) is 49.5 Å². The Balaban J connectivity index is 1.33. The van der Waals surface area contributed by atoms with Gasteiger partial charge in [-0.05, 0) is 58.7 Å². The van der Waals surface area contributed by atoms with E-state index >= 15 is 0 Å². The Hall–Kier alpha value is -2.48. The molecular weight excluding hydrogens is 540 g/mol. The normalized spacial score (nSPS) is 17.9. The summed E-state index contributed by atoms with van der Waals surface area (Å²) >= 11 is 2.32. The molecule has 13 heteroatoms. The number of nitrogens with zero attached hydrogens (tertiary/aromatic N) is 4. The lowest BCUT2D eigenvalue weighted by molar-refractivity contribution is -0.132. The zero-order valence-electron chi connectivity index (χ0n) is 20.8. The van der Waals surface area contributed by atoms with Gasteiger partial charge < -0.3 is 4.90 Å². The first-order chi connectivity index (χ1) is 17.3. The maximum atomic E-state index is 14.2. The summed E-state index contributed by atoms with van der Waals surface area (Å²) in [5.74, 6) is -1.16. The molecule has 8 nitrogen and oxygen atoms in total. The molecule has 2 aliphatic rings. The first-order valence-corrected chi connectivity index (χ1v) is 15.0. The molecule has 0 radical (unpaired) electrons. The van der Waals surface area contributed by atoms with Gasteiger partial charge in [-0.3, -0.25) is 9.69 Å². The van der Waals surface area contributed by atoms with Gasteiger partial charge in [-0.25, -0.2) is 31.9 Å². The van der Waals surface area contributed by atoms with Crippen LogP contribution in [0.4, 0.5) is 19.0 Å². The number of sulfonamides is 1. The molecule has 37 heavy (non-hydrogen) atoms. The van der Waals surface area contributed by atoms with Crippen LogP contribution in [-0.2, 0) is 14.8 Å². The van der Waals surface area contributed by atoms with Crippen LogP contribution in [0.1, 0.15) is 39.3 Å². The van der Waals surface area contributed by atoms with E-state index in [1.54, 1.807) is 38.0 Å². The van der Waals surface area contributed by atoms with Gasteiger partial charge in [-0.15, -0.1) is 11.3 Å². The largest absolute Gasteiger partial charge is 0.346 e. The number of anilines is 2. The Bertz CT molecular complexity index is 1470. The highest BCUT2D eigenvalue weighted by Crippen LogP contribution is 2.45. The van der Waals surface area contributed by atoms with Gasteiger partial charge in [0, 0.05) is 36.1 Å². The number of piperidine rings is 1. The molecule has 0 saturated carbocycles. The number of hydrogen-bond acceptors (Lipinski definition) is 8. The van der Waals surface area contributed by atoms with Crippen LogP contribution in [0, 0.1) is 24.0 Å². The van der Waals surface area contributed by atoms with Gasteiger partial charge in [-0.2, -0.15) is 0 Å². The summed E-state index contributed by atoms with van der Waals surface area (Å²) in [7, 11) is -3.77. The predicted octanol–water partition coefficient (Wildman–Crippen LogP) is 4.56. The van der Waals surface area contributed by atoms with Crippen molar-refractivity contribution in [3.05, 3.63) is 40.9 Å². The number of carbonyl (C=O) groups is 1. The molecule has 0 aliphatic carbocycles. The van der Waals surface area contributed by atoms with Crippen LogP contribution in [0.2, 0.25) is 0 Å². The van der Waals surface area contributed by atoms with Gasteiger partial charge in [0.2, 0.25) is 5.91 Å². The summed E-state index contributed by atoms with van der Waals surface area (Å²) in [4.78, 5) is 26.1. The molecule has 2 fully saturated rings. The van der Waals surface area contributed by atoms with E-state index in [9.17, 15) is 22.0 Å². The topological polar surface area (TPSA) is 95.5 Å². The zero-order valence-corrected chi connectivity index (χ0v) is 23.3. The molecule has 0 atom stereocenters. The van der Waals surface area contributed by atoms with Crippen LogP contribution >= 0.6 is 22.7 Å². The molecule has 198 valence electrons. The molecule has 2 aromatic heterocycles. The van der Waals surface area contributed by atoms with Crippen LogP contribution in [0.25, 0.3) is 11.3 Å². The van der Waals surface area contributed by atoms with Crippen molar-refractivity contribution >= 4 is 48.9 Å². The number of aromatic nitrogens is 2. The molecule has 2 aliphatic heterocycles. The SMILES string of the molecule is Cc1nc(N2CCCC3(CN(c4nc(-c5cc(F)ccc5F)cs4)C3)C2=O)sc1S(=O)(=O)NC(C)(C)C. The van der Waals surface area contributed by atoms with Gasteiger partial charge in [0.1, 0.15) is 11.6 Å². The Morgan fingerprint density at radius 1 is 1.14 bits per heavy atom. The lowest BCUT2D eigenvalue weighted by Crippen LogP contribution is -2.66. The van der Waals surface area contributed by atoms with Crippen LogP contribution in [0.15, 0.2) is 27.8 Å². The Labute approximate surface area is 222 Å². The van der Waals surface area contributed by atoms with E-state index in [1.807, 2.05) is 4.90 Å². The molecule has 1 aromatic carbocycles. The van der Waals surface area contributed by atoms with Crippen molar-refractivity contribution in [2.75, 3.05) is 29.4 Å². The van der Waals surface area contributed by atoms with Crippen molar-refractivity contribution in [2.45, 2.75) is 50.3 Å². The molecule has 3 aromatic rings. The average molecular weight is 568 g/mol. The van der Waals surface area contributed by atoms with E-state index in [0.717, 1.165) is 36.0 Å². The summed E-state index contributed by atoms with van der Waals surface area (Å²) in [5, 5.41) is 2.70. The number of thiazole rings is 2. The number of amides is 1. The third-order valence-corrected chi connectivity index (χ3v) is 10.8. The van der Waals surface area contributed by atoms with E-state index < -0.39 is 32.6 Å². The van der Waals surface area contributed by atoms with E-state index in [2.05, 4.69) is 14.7 Å². The minimum absolute atomic E-state index is 0.0792. The standard InChI is InChI=1S/C24H27F2N5O3S3/c1-14-19(37(33,34)29-23(2,3)4)36-22(27-14)31-9-5-8-24(20(31)32)12-30(13-24)21-28-18(11-35-21)16-10-15(25)6-7-17(16)26/h6-7,10-11,29H,5,8-9,12-13H2,1-4H3. The molecule has 1 spiro atoms. The Morgan fingerprint density at radius 2 is 1.86 bits per heavy atom. The van der Waals surface area contributed by atoms with Gasteiger partial charge in [0.15, 0.2) is 14.5 Å². The minimum atomic E-state index is -3.77. The van der Waals surface area contributed by atoms with E-state index in [4.69, 9.17) is 0 Å². The average Bonchev–Trinajstić information content (AvgIpc) is 3.40. The van der Waals surface area contributed by atoms with Crippen molar-refractivity contribution < 1.29 is 22.0 Å². The van der Waals surface area contributed by atoms with Crippen molar-refractivity contribution in [1.82, 2.24) is 14.7 Å². The molecular formula is C24H27F2N5O3S3. The molecule has 1 amide bonds. The molecule has 0 unspecified atom stereocenters. The number of nitrogens with one attached hydrogen (secondary N) is 1. The van der Waals surface area contributed by atoms with Gasteiger partial charge in [0.25, 0.3) is 10.0 Å². The maximum Gasteiger partial charge on any atom is 0.252 e. The van der Waals surface area contributed by atoms with Gasteiger partial charge in [-0.1, -0.05) is 11.3 Å². The van der Waals surface area contributed by atoms with E-state index in [0.29, 0.717) is 47.7 Å². The summed E-state index contributed by atoms with van der Waals surface area (Å²) in [6.07, 6.45) is 1.47. The van der Waals surface area contributed by atoms with Gasteiger partial charge >= 0.3 is 0 Å². The lowest BCUT2D eigenvalue weighted by Gasteiger charge is -2.52. The number of halogens is 2. The van der Waals surface area contributed by atoms with Crippen molar-refractivity contribution in [3.63, 3.8) is 0 Å². The number of rotatable bonds is 5. The zero-order chi connectivity index (χ0) is 26.8. The third-order valence-electron chi connectivity index (χ3n) is 6.35.